The highest BCUT2D eigenvalue weighted by molar-refractivity contribution is 5.97. The molecule has 0 aliphatic heterocycles. The van der Waals surface area contributed by atoms with Crippen molar-refractivity contribution in [1.29, 1.82) is 0 Å². The molecule has 0 saturated carbocycles. The zero-order valence-electron chi connectivity index (χ0n) is 8.07. The minimum Gasteiger partial charge on any atom is -0.477 e. The van der Waals surface area contributed by atoms with Crippen LogP contribution in [-0.4, -0.2) is 22.3 Å². The molecular weight excluding hydrogens is 194 g/mol. The number of aromatic nitrogens is 1. The van der Waals surface area contributed by atoms with Gasteiger partial charge in [-0.15, -0.1) is 0 Å². The molecule has 0 saturated heterocycles. The van der Waals surface area contributed by atoms with Gasteiger partial charge in [0.25, 0.3) is 0 Å². The van der Waals surface area contributed by atoms with Gasteiger partial charge in [-0.05, 0) is 30.7 Å². The maximum absolute atomic E-state index is 10.7. The average Bonchev–Trinajstić information content (AvgIpc) is 2.63. The Morgan fingerprint density at radius 2 is 2.20 bits per heavy atom. The van der Waals surface area contributed by atoms with Crippen molar-refractivity contribution in [2.75, 3.05) is 0 Å². The van der Waals surface area contributed by atoms with Crippen LogP contribution < -0.4 is 0 Å². The highest BCUT2D eigenvalue weighted by atomic mass is 16.4. The summed E-state index contributed by atoms with van der Waals surface area (Å²) in [5.41, 5.74) is 2.25. The Bertz CT molecular complexity index is 554. The van der Waals surface area contributed by atoms with Gasteiger partial charge in [0.05, 0.1) is 0 Å². The van der Waals surface area contributed by atoms with E-state index in [0.717, 1.165) is 22.8 Å². The van der Waals surface area contributed by atoms with E-state index in [1.54, 1.807) is 25.1 Å². The summed E-state index contributed by atoms with van der Waals surface area (Å²) in [5, 5.41) is 9.58. The van der Waals surface area contributed by atoms with E-state index in [4.69, 9.17) is 5.11 Å². The number of carbonyl (C=O) groups is 2. The molecule has 1 heterocycles. The first kappa shape index (κ1) is 9.45. The van der Waals surface area contributed by atoms with Crippen LogP contribution in [0.4, 0.5) is 0 Å². The fourth-order valence-corrected chi connectivity index (χ4v) is 1.61. The zero-order valence-corrected chi connectivity index (χ0v) is 8.07. The number of aromatic amines is 1. The number of carbonyl (C=O) groups excluding carboxylic acids is 1. The molecule has 0 aliphatic rings. The minimum atomic E-state index is -1.00. The predicted molar refractivity (Wildman–Crippen MR) is 55.4 cm³/mol. The normalized spacial score (nSPS) is 10.5. The first-order chi connectivity index (χ1) is 7.13. The zero-order chi connectivity index (χ0) is 11.0. The molecule has 0 fully saturated rings. The fourth-order valence-electron chi connectivity index (χ4n) is 1.61. The lowest BCUT2D eigenvalue weighted by Crippen LogP contribution is -1.94. The Morgan fingerprint density at radius 3 is 2.80 bits per heavy atom. The summed E-state index contributed by atoms with van der Waals surface area (Å²) < 4.78 is 0. The highest BCUT2D eigenvalue weighted by Crippen LogP contribution is 2.21. The van der Waals surface area contributed by atoms with Crippen LogP contribution in [0.25, 0.3) is 10.9 Å². The largest absolute Gasteiger partial charge is 0.477 e. The van der Waals surface area contributed by atoms with Gasteiger partial charge in [-0.1, -0.05) is 0 Å². The number of fused-ring (bicyclic) bond motifs is 1. The van der Waals surface area contributed by atoms with Crippen LogP contribution in [0.2, 0.25) is 0 Å². The summed E-state index contributed by atoms with van der Waals surface area (Å²) in [6.45, 7) is 1.80. The van der Waals surface area contributed by atoms with Crippen molar-refractivity contribution in [3.05, 3.63) is 35.0 Å². The third kappa shape index (κ3) is 1.40. The van der Waals surface area contributed by atoms with Crippen LogP contribution in [0.15, 0.2) is 18.2 Å². The Labute approximate surface area is 85.5 Å². The van der Waals surface area contributed by atoms with Crippen LogP contribution in [0.3, 0.4) is 0 Å². The number of H-pyrrole nitrogens is 1. The molecule has 76 valence electrons. The molecule has 0 radical (unpaired) electrons. The van der Waals surface area contributed by atoms with E-state index in [9.17, 15) is 9.59 Å². The van der Waals surface area contributed by atoms with Crippen LogP contribution in [0, 0.1) is 6.92 Å². The lowest BCUT2D eigenvalue weighted by molar-refractivity contribution is 0.0691. The van der Waals surface area contributed by atoms with Gasteiger partial charge in [0, 0.05) is 16.5 Å². The lowest BCUT2D eigenvalue weighted by atomic mass is 10.1. The van der Waals surface area contributed by atoms with E-state index in [-0.39, 0.29) is 5.69 Å². The molecule has 0 bridgehead atoms. The standard InChI is InChI=1S/C11H9NO3/c1-6-7(5-13)2-3-9-8(6)4-10(12-9)11(14)15/h2-5,12H,1H3,(H,14,15). The summed E-state index contributed by atoms with van der Waals surface area (Å²) in [6, 6.07) is 4.92. The van der Waals surface area contributed by atoms with Gasteiger partial charge in [-0.2, -0.15) is 0 Å². The van der Waals surface area contributed by atoms with Crippen LogP contribution in [0.5, 0.6) is 0 Å². The summed E-state index contributed by atoms with van der Waals surface area (Å²) >= 11 is 0. The number of hydrogen-bond acceptors (Lipinski definition) is 2. The van der Waals surface area contributed by atoms with Crippen molar-refractivity contribution in [2.45, 2.75) is 6.92 Å². The second kappa shape index (κ2) is 3.24. The summed E-state index contributed by atoms with van der Waals surface area (Å²) in [6.07, 6.45) is 0.766. The molecule has 0 aliphatic carbocycles. The Hall–Kier alpha value is -2.10. The number of aromatic carboxylic acids is 1. The first-order valence-corrected chi connectivity index (χ1v) is 4.44. The molecule has 1 aromatic carbocycles. The third-order valence-corrected chi connectivity index (χ3v) is 2.47. The van der Waals surface area contributed by atoms with E-state index in [0.29, 0.717) is 5.56 Å². The van der Waals surface area contributed by atoms with Crippen molar-refractivity contribution < 1.29 is 14.7 Å². The molecule has 1 aromatic heterocycles. The molecule has 0 unspecified atom stereocenters. The third-order valence-electron chi connectivity index (χ3n) is 2.47. The molecule has 2 aromatic rings. The van der Waals surface area contributed by atoms with Crippen molar-refractivity contribution in [1.82, 2.24) is 4.98 Å². The number of carboxylic acid groups (broad SMARTS) is 1. The number of benzene rings is 1. The second-order valence-corrected chi connectivity index (χ2v) is 3.35. The Kier molecular flexibility index (Phi) is 2.04. The van der Waals surface area contributed by atoms with Gasteiger partial charge in [-0.25, -0.2) is 4.79 Å². The number of hydrogen-bond donors (Lipinski definition) is 2. The molecule has 2 rings (SSSR count). The van der Waals surface area contributed by atoms with Gasteiger partial charge in [-0.3, -0.25) is 4.79 Å². The van der Waals surface area contributed by atoms with Gasteiger partial charge < -0.3 is 10.1 Å². The van der Waals surface area contributed by atoms with Crippen LogP contribution >= 0.6 is 0 Å². The van der Waals surface area contributed by atoms with Gasteiger partial charge in [0.1, 0.15) is 12.0 Å². The van der Waals surface area contributed by atoms with Gasteiger partial charge >= 0.3 is 5.97 Å². The smallest absolute Gasteiger partial charge is 0.352 e. The summed E-state index contributed by atoms with van der Waals surface area (Å²) in [4.78, 5) is 24.2. The van der Waals surface area contributed by atoms with Crippen LogP contribution in [-0.2, 0) is 0 Å². The molecule has 0 amide bonds. The molecule has 2 N–H and O–H groups in total. The van der Waals surface area contributed by atoms with Crippen molar-refractivity contribution in [3.8, 4) is 0 Å². The molecule has 15 heavy (non-hydrogen) atoms. The lowest BCUT2D eigenvalue weighted by Gasteiger charge is -1.98. The SMILES string of the molecule is Cc1c(C=O)ccc2[nH]c(C(=O)O)cc12. The maximum Gasteiger partial charge on any atom is 0.352 e. The molecular formula is C11H9NO3. The van der Waals surface area contributed by atoms with E-state index < -0.39 is 5.97 Å². The van der Waals surface area contributed by atoms with Crippen molar-refractivity contribution in [3.63, 3.8) is 0 Å². The van der Waals surface area contributed by atoms with E-state index >= 15 is 0 Å². The Balaban J connectivity index is 2.76. The summed E-state index contributed by atoms with van der Waals surface area (Å²) in [7, 11) is 0. The maximum atomic E-state index is 10.7. The molecule has 0 spiro atoms. The highest BCUT2D eigenvalue weighted by Gasteiger charge is 2.10. The molecule has 4 nitrogen and oxygen atoms in total. The number of aldehydes is 1. The number of carboxylic acids is 1. The predicted octanol–water partition coefficient (Wildman–Crippen LogP) is 1.99. The van der Waals surface area contributed by atoms with Crippen LogP contribution in [0.1, 0.15) is 26.4 Å². The molecule has 4 heteroatoms. The van der Waals surface area contributed by atoms with Gasteiger partial charge in [0.15, 0.2) is 0 Å². The van der Waals surface area contributed by atoms with E-state index in [2.05, 4.69) is 4.98 Å². The van der Waals surface area contributed by atoms with Crippen molar-refractivity contribution in [2.24, 2.45) is 0 Å². The minimum absolute atomic E-state index is 0.135. The van der Waals surface area contributed by atoms with Crippen molar-refractivity contribution >= 4 is 23.2 Å². The summed E-state index contributed by atoms with van der Waals surface area (Å²) in [5.74, 6) is -1.00. The topological polar surface area (TPSA) is 70.2 Å². The van der Waals surface area contributed by atoms with Gasteiger partial charge in [0.2, 0.25) is 0 Å². The number of nitrogens with one attached hydrogen (secondary N) is 1. The Morgan fingerprint density at radius 1 is 1.47 bits per heavy atom. The molecule has 0 atom stereocenters. The second-order valence-electron chi connectivity index (χ2n) is 3.35. The monoisotopic (exact) mass is 203 g/mol. The number of rotatable bonds is 2. The fraction of sp³-hybridized carbons (Fsp3) is 0.0909. The first-order valence-electron chi connectivity index (χ1n) is 4.44. The van der Waals surface area contributed by atoms with E-state index in [1.165, 1.54) is 0 Å². The van der Waals surface area contributed by atoms with E-state index in [1.807, 2.05) is 0 Å². The number of aryl methyl sites for hydroxylation is 1. The quantitative estimate of drug-likeness (QED) is 0.733. The average molecular weight is 203 g/mol.